The molecule has 0 spiro atoms. The molecular weight excluding hydrogens is 412 g/mol. The van der Waals surface area contributed by atoms with Crippen molar-refractivity contribution in [2.45, 2.75) is 26.1 Å². The maximum atomic E-state index is 12.5. The molecule has 1 N–H and O–H groups in total. The van der Waals surface area contributed by atoms with Crippen LogP contribution < -0.4 is 0 Å². The van der Waals surface area contributed by atoms with E-state index < -0.39 is 6.10 Å². The molecule has 3 aliphatic rings. The topological polar surface area (TPSA) is 79.7 Å². The molecule has 1 saturated carbocycles. The summed E-state index contributed by atoms with van der Waals surface area (Å²) in [4.78, 5) is 27.5. The van der Waals surface area contributed by atoms with Crippen LogP contribution in [-0.2, 0) is 22.6 Å². The molecule has 29 heavy (non-hydrogen) atoms. The number of Topliss-reactive ketones (excluding diaryl/α,β-unsaturated/α-hetero) is 1. The van der Waals surface area contributed by atoms with Crippen LogP contribution in [0.4, 0.5) is 0 Å². The second kappa shape index (κ2) is 7.80. The van der Waals surface area contributed by atoms with Gasteiger partial charge in [0.05, 0.1) is 11.7 Å². The fourth-order valence-corrected chi connectivity index (χ4v) is 5.52. The Bertz CT molecular complexity index is 936. The van der Waals surface area contributed by atoms with E-state index >= 15 is 0 Å². The molecular formula is C21H23ClN2O4S. The normalized spacial score (nSPS) is 25.7. The molecule has 0 radical (unpaired) electrons. The number of hydrogen-bond acceptors (Lipinski definition) is 7. The summed E-state index contributed by atoms with van der Waals surface area (Å²) in [5.41, 5.74) is 3.30. The van der Waals surface area contributed by atoms with Gasteiger partial charge >= 0.3 is 5.97 Å². The van der Waals surface area contributed by atoms with Gasteiger partial charge in [-0.05, 0) is 53.6 Å². The van der Waals surface area contributed by atoms with Gasteiger partial charge in [-0.1, -0.05) is 6.07 Å². The van der Waals surface area contributed by atoms with Crippen LogP contribution in [0.2, 0.25) is 0 Å². The number of likely N-dealkylation sites (tertiary alicyclic amines) is 1. The van der Waals surface area contributed by atoms with Crippen molar-refractivity contribution in [3.05, 3.63) is 51.5 Å². The first-order chi connectivity index (χ1) is 13.5. The second-order valence-electron chi connectivity index (χ2n) is 8.09. The highest BCUT2D eigenvalue weighted by atomic mass is 35.5. The highest BCUT2D eigenvalue weighted by Crippen LogP contribution is 2.52. The Labute approximate surface area is 179 Å². The van der Waals surface area contributed by atoms with Crippen LogP contribution >= 0.6 is 23.9 Å². The summed E-state index contributed by atoms with van der Waals surface area (Å²) in [5, 5.41) is 10.8. The van der Waals surface area contributed by atoms with E-state index in [-0.39, 0.29) is 30.9 Å². The lowest BCUT2D eigenvalue weighted by Gasteiger charge is -2.24. The molecule has 0 amide bonds. The Hall–Kier alpha value is -1.80. The zero-order chi connectivity index (χ0) is 19.4. The number of fused-ring (bicyclic) bond motifs is 2. The predicted octanol–water partition coefficient (Wildman–Crippen LogP) is 2.57. The van der Waals surface area contributed by atoms with Gasteiger partial charge in [0.1, 0.15) is 12.4 Å². The van der Waals surface area contributed by atoms with Gasteiger partial charge in [0, 0.05) is 48.6 Å². The quantitative estimate of drug-likeness (QED) is 0.704. The van der Waals surface area contributed by atoms with Gasteiger partial charge in [-0.25, -0.2) is 9.17 Å². The van der Waals surface area contributed by atoms with Gasteiger partial charge < -0.3 is 9.84 Å². The number of ether oxygens (including phenoxy) is 1. The maximum absolute atomic E-state index is 12.5. The number of carbonyl (C=O) groups excluding carboxylic acids is 2. The number of ketones is 1. The highest BCUT2D eigenvalue weighted by molar-refractivity contribution is 7.05. The van der Waals surface area contributed by atoms with Gasteiger partial charge in [0.15, 0.2) is 0 Å². The number of halogens is 1. The lowest BCUT2D eigenvalue weighted by Crippen LogP contribution is -2.31. The number of aromatic nitrogens is 1. The molecule has 8 heteroatoms. The third kappa shape index (κ3) is 3.61. The minimum absolute atomic E-state index is 0. The van der Waals surface area contributed by atoms with Gasteiger partial charge in [-0.2, -0.15) is 0 Å². The lowest BCUT2D eigenvalue weighted by atomic mass is 9.95. The van der Waals surface area contributed by atoms with Crippen LogP contribution in [0.3, 0.4) is 0 Å². The van der Waals surface area contributed by atoms with Gasteiger partial charge in [0.25, 0.3) is 0 Å². The summed E-state index contributed by atoms with van der Waals surface area (Å²) in [6, 6.07) is 5.51. The number of carbonyl (C=O) groups is 2. The first kappa shape index (κ1) is 20.5. The van der Waals surface area contributed by atoms with E-state index in [4.69, 9.17) is 4.74 Å². The summed E-state index contributed by atoms with van der Waals surface area (Å²) >= 11 is 1.40. The summed E-state index contributed by atoms with van der Waals surface area (Å²) in [6.07, 6.45) is 1.64. The van der Waals surface area contributed by atoms with E-state index in [0.29, 0.717) is 36.1 Å². The summed E-state index contributed by atoms with van der Waals surface area (Å²) < 4.78 is 9.16. The molecule has 2 aliphatic heterocycles. The number of β-amino-alcohol motifs (C(OH)–C–C–N with tert-alkyl or cyclic N) is 1. The molecule has 1 aromatic heterocycles. The van der Waals surface area contributed by atoms with E-state index in [1.54, 1.807) is 12.3 Å². The monoisotopic (exact) mass is 434 g/mol. The molecule has 154 valence electrons. The number of benzene rings is 1. The van der Waals surface area contributed by atoms with Crippen LogP contribution in [0, 0.1) is 24.7 Å². The Morgan fingerprint density at radius 3 is 2.79 bits per heavy atom. The molecule has 2 aromatic rings. The largest absolute Gasteiger partial charge is 0.457 e. The number of nitrogens with zero attached hydrogens (tertiary/aromatic N) is 2. The van der Waals surface area contributed by atoms with Crippen LogP contribution in [0.25, 0.3) is 0 Å². The van der Waals surface area contributed by atoms with Crippen LogP contribution in [-0.4, -0.2) is 45.8 Å². The average Bonchev–Trinajstić information content (AvgIpc) is 3.11. The minimum atomic E-state index is -0.607. The Morgan fingerprint density at radius 1 is 1.34 bits per heavy atom. The molecule has 2 unspecified atom stereocenters. The van der Waals surface area contributed by atoms with Crippen molar-refractivity contribution in [1.29, 1.82) is 0 Å². The maximum Gasteiger partial charge on any atom is 0.338 e. The number of hydrogen-bond donors (Lipinski definition) is 1. The van der Waals surface area contributed by atoms with Gasteiger partial charge in [0.2, 0.25) is 0 Å². The minimum Gasteiger partial charge on any atom is -0.457 e. The zero-order valence-electron chi connectivity index (χ0n) is 16.0. The zero-order valence-corrected chi connectivity index (χ0v) is 17.7. The van der Waals surface area contributed by atoms with E-state index in [0.717, 1.165) is 34.7 Å². The van der Waals surface area contributed by atoms with Crippen molar-refractivity contribution in [2.24, 2.45) is 17.8 Å². The first-order valence-corrected chi connectivity index (χ1v) is 10.4. The van der Waals surface area contributed by atoms with E-state index in [1.165, 1.54) is 11.5 Å². The van der Waals surface area contributed by atoms with Crippen molar-refractivity contribution in [2.75, 3.05) is 19.6 Å². The van der Waals surface area contributed by atoms with Crippen molar-refractivity contribution in [3.63, 3.8) is 0 Å². The number of aliphatic hydroxyl groups is 1. The van der Waals surface area contributed by atoms with Gasteiger partial charge in [-0.15, -0.1) is 12.4 Å². The number of piperidine rings is 1. The second-order valence-corrected chi connectivity index (χ2v) is 9.01. The Balaban J connectivity index is 0.00000205. The van der Waals surface area contributed by atoms with E-state index in [9.17, 15) is 14.7 Å². The molecule has 3 atom stereocenters. The molecule has 3 heterocycles. The molecule has 1 saturated heterocycles. The van der Waals surface area contributed by atoms with Crippen LogP contribution in [0.1, 0.15) is 38.0 Å². The lowest BCUT2D eigenvalue weighted by molar-refractivity contribution is -0.120. The predicted molar refractivity (Wildman–Crippen MR) is 110 cm³/mol. The molecule has 5 rings (SSSR count). The Morgan fingerprint density at radius 2 is 2.10 bits per heavy atom. The van der Waals surface area contributed by atoms with Crippen LogP contribution in [0.5, 0.6) is 0 Å². The summed E-state index contributed by atoms with van der Waals surface area (Å²) in [7, 11) is 0. The molecule has 0 bridgehead atoms. The summed E-state index contributed by atoms with van der Waals surface area (Å²) in [5.74, 6) is 1.09. The van der Waals surface area contributed by atoms with E-state index in [2.05, 4.69) is 9.27 Å². The number of esters is 1. The van der Waals surface area contributed by atoms with Gasteiger partial charge in [-0.3, -0.25) is 9.69 Å². The van der Waals surface area contributed by atoms with Crippen molar-refractivity contribution >= 4 is 35.7 Å². The molecule has 6 nitrogen and oxygen atoms in total. The van der Waals surface area contributed by atoms with Crippen LogP contribution in [0.15, 0.2) is 24.4 Å². The average molecular weight is 435 g/mol. The first-order valence-electron chi connectivity index (χ1n) is 9.65. The Kier molecular flexibility index (Phi) is 5.50. The van der Waals surface area contributed by atoms with E-state index in [1.807, 2.05) is 19.1 Å². The van der Waals surface area contributed by atoms with Crippen molar-refractivity contribution in [3.8, 4) is 0 Å². The van der Waals surface area contributed by atoms with Crippen molar-refractivity contribution < 1.29 is 19.4 Å². The number of rotatable bonds is 6. The molecule has 1 aliphatic carbocycles. The summed E-state index contributed by atoms with van der Waals surface area (Å²) in [6.45, 7) is 4.52. The van der Waals surface area contributed by atoms with Crippen molar-refractivity contribution in [1.82, 2.24) is 9.27 Å². The third-order valence-corrected chi connectivity index (χ3v) is 7.22. The smallest absolute Gasteiger partial charge is 0.338 e. The number of cyclic esters (lactones) is 1. The third-order valence-electron chi connectivity index (χ3n) is 6.48. The SMILES string of the molecule is Cc1c([C@@H](O)CN2CC3C(C2)C3C(=O)Cc2ccns2)ccc2c1COC2=O.Cl. The highest BCUT2D eigenvalue weighted by Gasteiger charge is 2.58. The number of aliphatic hydroxyl groups excluding tert-OH is 1. The molecule has 1 aromatic carbocycles. The standard InChI is InChI=1S/C21H22N2O4S.ClH/c1-11-13(2-3-14-17(11)10-27-21(14)26)19(25)9-23-7-15-16(8-23)20(15)18(24)6-12-4-5-22-28-12;/h2-5,15-16,19-20,25H,6-10H2,1H3;1H/t15?,16?,19-,20?;/m0./s1. The fourth-order valence-electron chi connectivity index (χ4n) is 4.93. The molecule has 2 fully saturated rings. The fraction of sp³-hybridized carbons (Fsp3) is 0.476.